The summed E-state index contributed by atoms with van der Waals surface area (Å²) in [6.07, 6.45) is 12.2. The van der Waals surface area contributed by atoms with Crippen LogP contribution in [0.25, 0.3) is 5.57 Å². The number of rotatable bonds is 16. The molecule has 200 valence electrons. The van der Waals surface area contributed by atoms with Crippen LogP contribution in [0.2, 0.25) is 0 Å². The SMILES string of the molecule is C=Nc1ccc(C(=C)C)cc1N(CCC(/C=C\C)=C/N(C)CCc1cccc(CC)c1)C[C@@H](C)CCC. The van der Waals surface area contributed by atoms with Crippen LogP contribution >= 0.6 is 0 Å². The van der Waals surface area contributed by atoms with E-state index in [-0.39, 0.29) is 0 Å². The van der Waals surface area contributed by atoms with Gasteiger partial charge >= 0.3 is 0 Å². The normalized spacial score (nSPS) is 12.5. The Balaban J connectivity index is 2.21. The van der Waals surface area contributed by atoms with E-state index in [1.165, 1.54) is 29.5 Å². The van der Waals surface area contributed by atoms with Gasteiger partial charge < -0.3 is 9.80 Å². The van der Waals surface area contributed by atoms with E-state index < -0.39 is 0 Å². The predicted octanol–water partition coefficient (Wildman–Crippen LogP) is 8.88. The lowest BCUT2D eigenvalue weighted by Gasteiger charge is -2.30. The Bertz CT molecular complexity index is 1060. The van der Waals surface area contributed by atoms with E-state index in [2.05, 4.69) is 131 Å². The van der Waals surface area contributed by atoms with Crippen molar-refractivity contribution in [3.8, 4) is 0 Å². The van der Waals surface area contributed by atoms with E-state index in [1.807, 2.05) is 0 Å². The van der Waals surface area contributed by atoms with Crippen LogP contribution in [0.3, 0.4) is 0 Å². The second-order valence-electron chi connectivity index (χ2n) is 10.3. The third-order valence-corrected chi connectivity index (χ3v) is 6.88. The molecule has 0 unspecified atom stereocenters. The number of allylic oxidation sites excluding steroid dienone is 3. The van der Waals surface area contributed by atoms with Gasteiger partial charge in [0.15, 0.2) is 0 Å². The molecule has 0 aromatic heterocycles. The first-order valence-corrected chi connectivity index (χ1v) is 13.9. The second-order valence-corrected chi connectivity index (χ2v) is 10.3. The van der Waals surface area contributed by atoms with Gasteiger partial charge in [0.2, 0.25) is 0 Å². The highest BCUT2D eigenvalue weighted by Gasteiger charge is 2.16. The Morgan fingerprint density at radius 1 is 1.08 bits per heavy atom. The van der Waals surface area contributed by atoms with Gasteiger partial charge in [-0.2, -0.15) is 0 Å². The van der Waals surface area contributed by atoms with Crippen molar-refractivity contribution in [1.82, 2.24) is 4.90 Å². The standard InChI is InChI=1S/C34H49N3/c1-9-13-28(6)25-37(34-24-32(27(4)5)17-18-33(34)35-7)22-20-31(14-10-2)26-36(8)21-19-30-16-12-15-29(11-3)23-30/h10,12,14-18,23-24,26,28H,4,7,9,11,13,19-22,25H2,1-3,5-6,8H3/b14-10-,31-26+/t28-/m0/s1. The summed E-state index contributed by atoms with van der Waals surface area (Å²) in [5.74, 6) is 0.604. The summed E-state index contributed by atoms with van der Waals surface area (Å²) in [4.78, 5) is 9.20. The lowest BCUT2D eigenvalue weighted by molar-refractivity contribution is 0.456. The molecule has 2 aromatic rings. The van der Waals surface area contributed by atoms with Crippen LogP contribution in [-0.2, 0) is 12.8 Å². The molecule has 0 aliphatic heterocycles. The van der Waals surface area contributed by atoms with Crippen LogP contribution in [0.4, 0.5) is 11.4 Å². The van der Waals surface area contributed by atoms with Crippen molar-refractivity contribution in [2.24, 2.45) is 10.9 Å². The first-order valence-electron chi connectivity index (χ1n) is 13.9. The number of benzene rings is 2. The molecule has 37 heavy (non-hydrogen) atoms. The van der Waals surface area contributed by atoms with E-state index in [4.69, 9.17) is 0 Å². The molecule has 0 aliphatic carbocycles. The maximum atomic E-state index is 4.36. The Morgan fingerprint density at radius 2 is 1.84 bits per heavy atom. The first kappa shape index (κ1) is 30.2. The molecule has 3 heteroatoms. The topological polar surface area (TPSA) is 18.8 Å². The average molecular weight is 500 g/mol. The van der Waals surface area contributed by atoms with Crippen LogP contribution in [-0.4, -0.2) is 38.3 Å². The fraction of sp³-hybridized carbons (Fsp3) is 0.441. The van der Waals surface area contributed by atoms with E-state index >= 15 is 0 Å². The maximum absolute atomic E-state index is 4.36. The minimum atomic E-state index is 0.604. The molecule has 0 N–H and O–H groups in total. The Hall–Kier alpha value is -3.07. The lowest BCUT2D eigenvalue weighted by atomic mass is 10.0. The molecule has 0 bridgehead atoms. The third kappa shape index (κ3) is 10.1. The molecular weight excluding hydrogens is 450 g/mol. The van der Waals surface area contributed by atoms with Crippen LogP contribution in [0.5, 0.6) is 0 Å². The smallest absolute Gasteiger partial charge is 0.0856 e. The predicted molar refractivity (Wildman–Crippen MR) is 166 cm³/mol. The largest absolute Gasteiger partial charge is 0.380 e. The highest BCUT2D eigenvalue weighted by molar-refractivity contribution is 5.75. The van der Waals surface area contributed by atoms with Gasteiger partial charge in [-0.05, 0) is 86.6 Å². The summed E-state index contributed by atoms with van der Waals surface area (Å²) in [7, 11) is 2.18. The number of aryl methyl sites for hydroxylation is 1. The Labute approximate surface area is 227 Å². The molecule has 2 rings (SSSR count). The zero-order valence-corrected chi connectivity index (χ0v) is 24.3. The van der Waals surface area contributed by atoms with Crippen molar-refractivity contribution in [2.75, 3.05) is 31.6 Å². The monoisotopic (exact) mass is 499 g/mol. The zero-order valence-electron chi connectivity index (χ0n) is 24.3. The minimum absolute atomic E-state index is 0.604. The van der Waals surface area contributed by atoms with E-state index in [0.29, 0.717) is 5.92 Å². The van der Waals surface area contributed by atoms with Crippen LogP contribution < -0.4 is 4.90 Å². The lowest BCUT2D eigenvalue weighted by Crippen LogP contribution is -2.30. The highest BCUT2D eigenvalue weighted by Crippen LogP contribution is 2.33. The summed E-state index contributed by atoms with van der Waals surface area (Å²) in [6, 6.07) is 15.4. The molecule has 1 atom stereocenters. The van der Waals surface area contributed by atoms with Crippen molar-refractivity contribution in [3.05, 3.63) is 89.7 Å². The molecule has 0 spiro atoms. The van der Waals surface area contributed by atoms with Gasteiger partial charge in [-0.15, -0.1) is 0 Å². The third-order valence-electron chi connectivity index (χ3n) is 6.88. The van der Waals surface area contributed by atoms with Gasteiger partial charge in [0.25, 0.3) is 0 Å². The maximum Gasteiger partial charge on any atom is 0.0856 e. The fourth-order valence-electron chi connectivity index (χ4n) is 4.77. The molecule has 0 aliphatic rings. The average Bonchev–Trinajstić information content (AvgIpc) is 2.89. The Kier molecular flexibility index (Phi) is 13.0. The van der Waals surface area contributed by atoms with Crippen molar-refractivity contribution in [2.45, 2.75) is 66.7 Å². The van der Waals surface area contributed by atoms with Crippen LogP contribution in [0.15, 0.2) is 78.0 Å². The number of likely N-dealkylation sites (N-methyl/N-ethyl adjacent to an activating group) is 1. The first-order chi connectivity index (χ1) is 17.8. The molecule has 0 radical (unpaired) electrons. The van der Waals surface area contributed by atoms with Gasteiger partial charge in [0.05, 0.1) is 11.4 Å². The summed E-state index contributed by atoms with van der Waals surface area (Å²) >= 11 is 0. The number of anilines is 1. The van der Waals surface area contributed by atoms with Crippen molar-refractivity contribution >= 4 is 23.7 Å². The number of aliphatic imine (C=N–C) groups is 1. The number of hydrogen-bond donors (Lipinski definition) is 0. The van der Waals surface area contributed by atoms with Crippen molar-refractivity contribution in [1.29, 1.82) is 0 Å². The Morgan fingerprint density at radius 3 is 2.49 bits per heavy atom. The summed E-state index contributed by atoms with van der Waals surface area (Å²) in [5, 5.41) is 0. The molecule has 0 heterocycles. The van der Waals surface area contributed by atoms with Crippen LogP contribution in [0, 0.1) is 5.92 Å². The fourth-order valence-corrected chi connectivity index (χ4v) is 4.77. The molecule has 0 saturated heterocycles. The van der Waals surface area contributed by atoms with Gasteiger partial charge in [-0.1, -0.05) is 81.8 Å². The second kappa shape index (κ2) is 15.9. The van der Waals surface area contributed by atoms with Gasteiger partial charge in [0.1, 0.15) is 0 Å². The summed E-state index contributed by atoms with van der Waals surface area (Å²) in [5.41, 5.74) is 8.48. The van der Waals surface area contributed by atoms with Crippen molar-refractivity contribution < 1.29 is 0 Å². The number of hydrogen-bond acceptors (Lipinski definition) is 3. The van der Waals surface area contributed by atoms with Crippen molar-refractivity contribution in [3.63, 3.8) is 0 Å². The summed E-state index contributed by atoms with van der Waals surface area (Å²) < 4.78 is 0. The molecule has 0 amide bonds. The van der Waals surface area contributed by atoms with E-state index in [0.717, 1.165) is 61.4 Å². The van der Waals surface area contributed by atoms with Gasteiger partial charge in [0, 0.05) is 32.9 Å². The molecular formula is C34H49N3. The van der Waals surface area contributed by atoms with Crippen LogP contribution in [0.1, 0.15) is 70.6 Å². The molecule has 2 aromatic carbocycles. The molecule has 0 saturated carbocycles. The zero-order chi connectivity index (χ0) is 27.2. The number of nitrogens with zero attached hydrogens (tertiary/aromatic N) is 3. The molecule has 0 fully saturated rings. The highest BCUT2D eigenvalue weighted by atomic mass is 15.1. The van der Waals surface area contributed by atoms with E-state index in [9.17, 15) is 0 Å². The minimum Gasteiger partial charge on any atom is -0.380 e. The summed E-state index contributed by atoms with van der Waals surface area (Å²) in [6.45, 7) is 21.9. The van der Waals surface area contributed by atoms with Gasteiger partial charge in [-0.3, -0.25) is 4.99 Å². The van der Waals surface area contributed by atoms with Gasteiger partial charge in [-0.25, -0.2) is 0 Å². The van der Waals surface area contributed by atoms with E-state index in [1.54, 1.807) is 0 Å². The molecule has 3 nitrogen and oxygen atoms in total. The quantitative estimate of drug-likeness (QED) is 0.170.